The number of aliphatic hydroxyl groups excluding tert-OH is 1. The molecule has 2 atom stereocenters. The van der Waals surface area contributed by atoms with E-state index in [1.54, 1.807) is 0 Å². The molecular weight excluding hydrogens is 182 g/mol. The number of aliphatic hydroxyl groups is 1. The molecule has 1 saturated carbocycles. The largest absolute Gasteiger partial charge is 0.396 e. The molecule has 0 amide bonds. The Kier molecular flexibility index (Phi) is 5.83. The minimum Gasteiger partial charge on any atom is -0.396 e. The van der Waals surface area contributed by atoms with Crippen LogP contribution in [0.4, 0.5) is 0 Å². The van der Waals surface area contributed by atoms with Gasteiger partial charge < -0.3 is 10.4 Å². The van der Waals surface area contributed by atoms with Crippen LogP contribution in [0.3, 0.4) is 0 Å². The lowest BCUT2D eigenvalue weighted by Gasteiger charge is -2.19. The Hall–Kier alpha value is 0.270. The zero-order chi connectivity index (χ0) is 9.52. The quantitative estimate of drug-likeness (QED) is 0.644. The van der Waals surface area contributed by atoms with Gasteiger partial charge >= 0.3 is 0 Å². The van der Waals surface area contributed by atoms with E-state index < -0.39 is 0 Å². The van der Waals surface area contributed by atoms with Crippen LogP contribution in [-0.4, -0.2) is 35.3 Å². The zero-order valence-corrected chi connectivity index (χ0v) is 9.28. The average Bonchev–Trinajstić information content (AvgIpc) is 2.54. The van der Waals surface area contributed by atoms with Crippen molar-refractivity contribution < 1.29 is 5.11 Å². The molecular formula is C10H21NOS. The molecule has 1 aliphatic rings. The third kappa shape index (κ3) is 3.88. The Balaban J connectivity index is 2.15. The fraction of sp³-hybridized carbons (Fsp3) is 1.00. The molecule has 1 rings (SSSR count). The van der Waals surface area contributed by atoms with Crippen LogP contribution in [0.2, 0.25) is 0 Å². The molecule has 0 aromatic rings. The van der Waals surface area contributed by atoms with Crippen molar-refractivity contribution in [2.24, 2.45) is 0 Å². The van der Waals surface area contributed by atoms with Crippen molar-refractivity contribution in [1.82, 2.24) is 5.32 Å². The minimum absolute atomic E-state index is 0.311. The topological polar surface area (TPSA) is 32.3 Å². The molecule has 0 bridgehead atoms. The second-order valence-corrected chi connectivity index (χ2v) is 5.08. The van der Waals surface area contributed by atoms with Gasteiger partial charge in [0, 0.05) is 17.9 Å². The van der Waals surface area contributed by atoms with Crippen molar-refractivity contribution in [2.75, 3.05) is 18.9 Å². The summed E-state index contributed by atoms with van der Waals surface area (Å²) in [6, 6.07) is 0.705. The molecule has 0 aliphatic heterocycles. The Morgan fingerprint density at radius 3 is 3.00 bits per heavy atom. The summed E-state index contributed by atoms with van der Waals surface area (Å²) >= 11 is 2.08. The lowest BCUT2D eigenvalue weighted by Crippen LogP contribution is -2.35. The Bertz CT molecular complexity index is 132. The highest BCUT2D eigenvalue weighted by Gasteiger charge is 2.25. The standard InChI is InChI=1S/C10H21NOS/c1-2-13-10-6-3-5-9(10)11-7-4-8-12/h9-12H,2-8H2,1H3. The van der Waals surface area contributed by atoms with Crippen molar-refractivity contribution in [3.63, 3.8) is 0 Å². The van der Waals surface area contributed by atoms with Gasteiger partial charge in [-0.2, -0.15) is 11.8 Å². The van der Waals surface area contributed by atoms with Crippen LogP contribution < -0.4 is 5.32 Å². The molecule has 0 radical (unpaired) electrons. The summed E-state index contributed by atoms with van der Waals surface area (Å²) in [4.78, 5) is 0. The fourth-order valence-electron chi connectivity index (χ4n) is 1.94. The van der Waals surface area contributed by atoms with Gasteiger partial charge in [-0.15, -0.1) is 0 Å². The van der Waals surface area contributed by atoms with Gasteiger partial charge in [-0.25, -0.2) is 0 Å². The first-order valence-electron chi connectivity index (χ1n) is 5.34. The maximum absolute atomic E-state index is 8.66. The maximum Gasteiger partial charge on any atom is 0.0443 e. The van der Waals surface area contributed by atoms with Gasteiger partial charge in [0.05, 0.1) is 0 Å². The van der Waals surface area contributed by atoms with E-state index >= 15 is 0 Å². The molecule has 0 aromatic carbocycles. The summed E-state index contributed by atoms with van der Waals surface area (Å²) in [7, 11) is 0. The lowest BCUT2D eigenvalue weighted by atomic mass is 10.2. The normalized spacial score (nSPS) is 28.2. The van der Waals surface area contributed by atoms with Crippen molar-refractivity contribution in [1.29, 1.82) is 0 Å². The molecule has 0 aromatic heterocycles. The van der Waals surface area contributed by atoms with Gasteiger partial charge in [0.15, 0.2) is 0 Å². The number of thioether (sulfide) groups is 1. The SMILES string of the molecule is CCSC1CCCC1NCCCO. The van der Waals surface area contributed by atoms with Gasteiger partial charge in [-0.3, -0.25) is 0 Å². The molecule has 0 heterocycles. The predicted molar refractivity (Wildman–Crippen MR) is 59.3 cm³/mol. The third-order valence-corrected chi connectivity index (χ3v) is 3.90. The highest BCUT2D eigenvalue weighted by molar-refractivity contribution is 7.99. The first-order valence-corrected chi connectivity index (χ1v) is 6.39. The first-order chi connectivity index (χ1) is 6.38. The third-order valence-electron chi connectivity index (χ3n) is 2.57. The molecule has 0 saturated heterocycles. The van der Waals surface area contributed by atoms with Gasteiger partial charge in [0.1, 0.15) is 0 Å². The van der Waals surface area contributed by atoms with Crippen LogP contribution in [0.25, 0.3) is 0 Å². The molecule has 2 unspecified atom stereocenters. The van der Waals surface area contributed by atoms with E-state index in [9.17, 15) is 0 Å². The molecule has 3 heteroatoms. The van der Waals surface area contributed by atoms with Crippen molar-refractivity contribution in [3.8, 4) is 0 Å². The van der Waals surface area contributed by atoms with Crippen LogP contribution in [0.5, 0.6) is 0 Å². The van der Waals surface area contributed by atoms with Crippen molar-refractivity contribution in [2.45, 2.75) is 43.9 Å². The molecule has 0 spiro atoms. The smallest absolute Gasteiger partial charge is 0.0443 e. The average molecular weight is 203 g/mol. The monoisotopic (exact) mass is 203 g/mol. The first kappa shape index (κ1) is 11.3. The lowest BCUT2D eigenvalue weighted by molar-refractivity contribution is 0.283. The van der Waals surface area contributed by atoms with Crippen LogP contribution in [-0.2, 0) is 0 Å². The minimum atomic E-state index is 0.311. The molecule has 13 heavy (non-hydrogen) atoms. The van der Waals surface area contributed by atoms with E-state index in [1.807, 2.05) is 0 Å². The van der Waals surface area contributed by atoms with Gasteiger partial charge in [0.25, 0.3) is 0 Å². The van der Waals surface area contributed by atoms with E-state index in [2.05, 4.69) is 24.0 Å². The molecule has 78 valence electrons. The van der Waals surface area contributed by atoms with E-state index in [1.165, 1.54) is 25.0 Å². The van der Waals surface area contributed by atoms with Crippen LogP contribution in [0, 0.1) is 0 Å². The van der Waals surface area contributed by atoms with E-state index in [4.69, 9.17) is 5.11 Å². The van der Waals surface area contributed by atoms with Gasteiger partial charge in [-0.05, 0) is 31.6 Å². The second kappa shape index (κ2) is 6.68. The van der Waals surface area contributed by atoms with Crippen LogP contribution >= 0.6 is 11.8 Å². The predicted octanol–water partition coefficient (Wildman–Crippen LogP) is 1.63. The summed E-state index contributed by atoms with van der Waals surface area (Å²) in [6.07, 6.45) is 4.95. The van der Waals surface area contributed by atoms with Gasteiger partial charge in [-0.1, -0.05) is 13.3 Å². The Morgan fingerprint density at radius 1 is 1.46 bits per heavy atom. The molecule has 2 N–H and O–H groups in total. The Morgan fingerprint density at radius 2 is 2.31 bits per heavy atom. The molecule has 1 fully saturated rings. The number of rotatable bonds is 6. The number of hydrogen-bond acceptors (Lipinski definition) is 3. The van der Waals surface area contributed by atoms with Gasteiger partial charge in [0.2, 0.25) is 0 Å². The highest BCUT2D eigenvalue weighted by atomic mass is 32.2. The number of hydrogen-bond donors (Lipinski definition) is 2. The zero-order valence-electron chi connectivity index (χ0n) is 8.46. The van der Waals surface area contributed by atoms with Crippen molar-refractivity contribution >= 4 is 11.8 Å². The highest BCUT2D eigenvalue weighted by Crippen LogP contribution is 2.29. The molecule has 2 nitrogen and oxygen atoms in total. The van der Waals surface area contributed by atoms with E-state index in [0.29, 0.717) is 12.6 Å². The van der Waals surface area contributed by atoms with E-state index in [-0.39, 0.29) is 0 Å². The summed E-state index contributed by atoms with van der Waals surface area (Å²) in [5, 5.41) is 13.0. The van der Waals surface area contributed by atoms with Crippen LogP contribution in [0.1, 0.15) is 32.6 Å². The van der Waals surface area contributed by atoms with E-state index in [0.717, 1.165) is 18.2 Å². The molecule has 1 aliphatic carbocycles. The Labute approximate surface area is 85.5 Å². The summed E-state index contributed by atoms with van der Waals surface area (Å²) in [5.41, 5.74) is 0. The summed E-state index contributed by atoms with van der Waals surface area (Å²) in [5.74, 6) is 1.23. The van der Waals surface area contributed by atoms with Crippen LogP contribution in [0.15, 0.2) is 0 Å². The maximum atomic E-state index is 8.66. The van der Waals surface area contributed by atoms with Crippen molar-refractivity contribution in [3.05, 3.63) is 0 Å². The number of nitrogens with one attached hydrogen (secondary N) is 1. The second-order valence-electron chi connectivity index (χ2n) is 3.56. The summed E-state index contributed by atoms with van der Waals surface area (Å²) in [6.45, 7) is 3.51. The fourth-order valence-corrected chi connectivity index (χ4v) is 3.17. The summed E-state index contributed by atoms with van der Waals surface area (Å²) < 4.78 is 0.